The molecule has 0 bridgehead atoms. The molecule has 0 saturated carbocycles. The number of hydrogen-bond donors (Lipinski definition) is 2. The molecule has 2 aliphatic heterocycles. The average Bonchev–Trinajstić information content (AvgIpc) is 2.73. The third-order valence-electron chi connectivity index (χ3n) is 4.47. The van der Waals surface area contributed by atoms with Crippen molar-refractivity contribution in [2.45, 2.75) is 24.9 Å². The number of nitrogens with zero attached hydrogens (tertiary/aromatic N) is 2. The van der Waals surface area contributed by atoms with Gasteiger partial charge in [-0.15, -0.1) is 0 Å². The van der Waals surface area contributed by atoms with E-state index in [4.69, 9.17) is 5.73 Å². The van der Waals surface area contributed by atoms with E-state index < -0.39 is 6.04 Å². The van der Waals surface area contributed by atoms with Crippen LogP contribution in [-0.2, 0) is 4.79 Å². The van der Waals surface area contributed by atoms with E-state index in [1.807, 2.05) is 12.1 Å². The second kappa shape index (κ2) is 5.07. The fraction of sp³-hybridized carbons (Fsp3) is 0.533. The molecule has 5 heteroatoms. The molecule has 3 rings (SSSR count). The lowest BCUT2D eigenvalue weighted by molar-refractivity contribution is -0.116. The van der Waals surface area contributed by atoms with Crippen LogP contribution in [-0.4, -0.2) is 44.0 Å². The van der Waals surface area contributed by atoms with Crippen molar-refractivity contribution >= 4 is 17.3 Å². The van der Waals surface area contributed by atoms with Crippen molar-refractivity contribution in [2.75, 3.05) is 37.4 Å². The Morgan fingerprint density at radius 2 is 2.25 bits per heavy atom. The predicted octanol–water partition coefficient (Wildman–Crippen LogP) is 1.17. The number of likely N-dealkylation sites (N-methyl/N-ethyl adjacent to an activating group) is 2. The van der Waals surface area contributed by atoms with Gasteiger partial charge in [0.05, 0.1) is 0 Å². The Labute approximate surface area is 119 Å². The SMILES string of the molecule is CN1CCCC(N(C)c2ccc3c(c2)NC(=O)C3N)C1. The lowest BCUT2D eigenvalue weighted by atomic mass is 10.0. The van der Waals surface area contributed by atoms with Crippen molar-refractivity contribution in [1.29, 1.82) is 0 Å². The molecule has 1 aromatic carbocycles. The Hall–Kier alpha value is -1.59. The number of fused-ring (bicyclic) bond motifs is 1. The number of hydrogen-bond acceptors (Lipinski definition) is 4. The molecule has 1 saturated heterocycles. The third-order valence-corrected chi connectivity index (χ3v) is 4.47. The van der Waals surface area contributed by atoms with Crippen LogP contribution in [0.25, 0.3) is 0 Å². The van der Waals surface area contributed by atoms with Crippen LogP contribution in [0.15, 0.2) is 18.2 Å². The zero-order valence-electron chi connectivity index (χ0n) is 12.1. The number of likely N-dealkylation sites (tertiary alicyclic amines) is 1. The molecule has 0 radical (unpaired) electrons. The van der Waals surface area contributed by atoms with Gasteiger partial charge in [0, 0.05) is 36.6 Å². The maximum absolute atomic E-state index is 11.6. The molecule has 1 aromatic rings. The molecule has 0 spiro atoms. The number of benzene rings is 1. The van der Waals surface area contributed by atoms with E-state index in [1.165, 1.54) is 19.4 Å². The van der Waals surface area contributed by atoms with Gasteiger partial charge in [-0.1, -0.05) is 6.07 Å². The summed E-state index contributed by atoms with van der Waals surface area (Å²) in [6.45, 7) is 2.26. The maximum atomic E-state index is 11.6. The van der Waals surface area contributed by atoms with Crippen molar-refractivity contribution in [3.8, 4) is 0 Å². The molecule has 2 atom stereocenters. The molecule has 108 valence electrons. The van der Waals surface area contributed by atoms with Gasteiger partial charge in [-0.2, -0.15) is 0 Å². The maximum Gasteiger partial charge on any atom is 0.245 e. The fourth-order valence-electron chi connectivity index (χ4n) is 3.16. The van der Waals surface area contributed by atoms with Crippen LogP contribution in [0.4, 0.5) is 11.4 Å². The van der Waals surface area contributed by atoms with E-state index in [0.717, 1.165) is 23.5 Å². The molecule has 5 nitrogen and oxygen atoms in total. The molecule has 0 aliphatic carbocycles. The molecule has 2 heterocycles. The highest BCUT2D eigenvalue weighted by molar-refractivity contribution is 6.02. The van der Waals surface area contributed by atoms with Gasteiger partial charge >= 0.3 is 0 Å². The average molecular weight is 274 g/mol. The summed E-state index contributed by atoms with van der Waals surface area (Å²) in [5.41, 5.74) is 8.74. The first-order valence-electron chi connectivity index (χ1n) is 7.18. The summed E-state index contributed by atoms with van der Waals surface area (Å²) < 4.78 is 0. The highest BCUT2D eigenvalue weighted by atomic mass is 16.2. The van der Waals surface area contributed by atoms with E-state index in [2.05, 4.69) is 35.3 Å². The number of carbonyl (C=O) groups excluding carboxylic acids is 1. The van der Waals surface area contributed by atoms with Crippen LogP contribution in [0.5, 0.6) is 0 Å². The van der Waals surface area contributed by atoms with E-state index in [9.17, 15) is 4.79 Å². The monoisotopic (exact) mass is 274 g/mol. The zero-order chi connectivity index (χ0) is 14.3. The van der Waals surface area contributed by atoms with Crippen LogP contribution in [0, 0.1) is 0 Å². The summed E-state index contributed by atoms with van der Waals surface area (Å²) in [4.78, 5) is 16.3. The van der Waals surface area contributed by atoms with Gasteiger partial charge < -0.3 is 20.9 Å². The second-order valence-corrected chi connectivity index (χ2v) is 5.91. The van der Waals surface area contributed by atoms with Gasteiger partial charge in [0.1, 0.15) is 6.04 Å². The minimum absolute atomic E-state index is 0.114. The van der Waals surface area contributed by atoms with Crippen molar-refractivity contribution in [3.05, 3.63) is 23.8 Å². The number of carbonyl (C=O) groups is 1. The molecule has 2 unspecified atom stereocenters. The highest BCUT2D eigenvalue weighted by Gasteiger charge is 2.28. The molecular formula is C15H22N4O. The molecule has 0 aromatic heterocycles. The summed E-state index contributed by atoms with van der Waals surface area (Å²) in [5.74, 6) is -0.114. The first-order valence-corrected chi connectivity index (χ1v) is 7.18. The number of amides is 1. The quantitative estimate of drug-likeness (QED) is 0.850. The second-order valence-electron chi connectivity index (χ2n) is 5.91. The lowest BCUT2D eigenvalue weighted by Crippen LogP contribution is -2.45. The van der Waals surface area contributed by atoms with Crippen LogP contribution in [0.3, 0.4) is 0 Å². The Balaban J connectivity index is 1.81. The zero-order valence-corrected chi connectivity index (χ0v) is 12.1. The topological polar surface area (TPSA) is 61.6 Å². The van der Waals surface area contributed by atoms with Crippen molar-refractivity contribution < 1.29 is 4.79 Å². The minimum atomic E-state index is -0.523. The molecular weight excluding hydrogens is 252 g/mol. The summed E-state index contributed by atoms with van der Waals surface area (Å²) in [5, 5.41) is 2.85. The first-order chi connectivity index (χ1) is 9.56. The van der Waals surface area contributed by atoms with Crippen molar-refractivity contribution in [1.82, 2.24) is 4.90 Å². The Bertz CT molecular complexity index is 531. The fourth-order valence-corrected chi connectivity index (χ4v) is 3.16. The number of piperidine rings is 1. The van der Waals surface area contributed by atoms with Crippen LogP contribution in [0.2, 0.25) is 0 Å². The van der Waals surface area contributed by atoms with Gasteiger partial charge in [-0.25, -0.2) is 0 Å². The van der Waals surface area contributed by atoms with Gasteiger partial charge in [-0.3, -0.25) is 4.79 Å². The highest BCUT2D eigenvalue weighted by Crippen LogP contribution is 2.33. The van der Waals surface area contributed by atoms with E-state index >= 15 is 0 Å². The number of nitrogens with one attached hydrogen (secondary N) is 1. The lowest BCUT2D eigenvalue weighted by Gasteiger charge is -2.37. The van der Waals surface area contributed by atoms with Crippen molar-refractivity contribution in [3.63, 3.8) is 0 Å². The summed E-state index contributed by atoms with van der Waals surface area (Å²) in [6, 6.07) is 6.07. The standard InChI is InChI=1S/C15H22N4O/c1-18-7-3-4-11(9-18)19(2)10-5-6-12-13(8-10)17-15(20)14(12)16/h5-6,8,11,14H,3-4,7,9,16H2,1-2H3,(H,17,20). The smallest absolute Gasteiger partial charge is 0.245 e. The molecule has 20 heavy (non-hydrogen) atoms. The van der Waals surface area contributed by atoms with Gasteiger partial charge in [-0.05, 0) is 38.6 Å². The van der Waals surface area contributed by atoms with E-state index in [1.54, 1.807) is 0 Å². The Morgan fingerprint density at radius 1 is 1.45 bits per heavy atom. The molecule has 1 amide bonds. The van der Waals surface area contributed by atoms with Crippen molar-refractivity contribution in [2.24, 2.45) is 5.73 Å². The minimum Gasteiger partial charge on any atom is -0.370 e. The number of rotatable bonds is 2. The summed E-state index contributed by atoms with van der Waals surface area (Å²) in [6.07, 6.45) is 2.45. The van der Waals surface area contributed by atoms with Crippen LogP contribution < -0.4 is 16.0 Å². The van der Waals surface area contributed by atoms with E-state index in [-0.39, 0.29) is 5.91 Å². The number of anilines is 2. The van der Waals surface area contributed by atoms with E-state index in [0.29, 0.717) is 6.04 Å². The van der Waals surface area contributed by atoms with Gasteiger partial charge in [0.2, 0.25) is 5.91 Å². The van der Waals surface area contributed by atoms with Crippen LogP contribution >= 0.6 is 0 Å². The van der Waals surface area contributed by atoms with Crippen LogP contribution in [0.1, 0.15) is 24.4 Å². The molecule has 2 aliphatic rings. The summed E-state index contributed by atoms with van der Waals surface area (Å²) in [7, 11) is 4.30. The Morgan fingerprint density at radius 3 is 3.00 bits per heavy atom. The largest absolute Gasteiger partial charge is 0.370 e. The first kappa shape index (κ1) is 13.4. The predicted molar refractivity (Wildman–Crippen MR) is 80.9 cm³/mol. The normalized spacial score (nSPS) is 26.2. The van der Waals surface area contributed by atoms with Gasteiger partial charge in [0.15, 0.2) is 0 Å². The Kier molecular flexibility index (Phi) is 3.40. The molecule has 3 N–H and O–H groups in total. The molecule has 1 fully saturated rings. The van der Waals surface area contributed by atoms with Gasteiger partial charge in [0.25, 0.3) is 0 Å². The number of nitrogens with two attached hydrogens (primary N) is 1. The third kappa shape index (κ3) is 2.27. The summed E-state index contributed by atoms with van der Waals surface area (Å²) >= 11 is 0.